The fraction of sp³-hybridized carbons (Fsp3) is 0.200. The molecule has 2 rings (SSSR count). The Balaban J connectivity index is 2.32. The van der Waals surface area contributed by atoms with Crippen LogP contribution in [-0.2, 0) is 0 Å². The van der Waals surface area contributed by atoms with Crippen molar-refractivity contribution in [2.24, 2.45) is 5.73 Å². The van der Waals surface area contributed by atoms with Crippen LogP contribution in [0.3, 0.4) is 0 Å². The van der Waals surface area contributed by atoms with Crippen LogP contribution >= 0.6 is 27.3 Å². The first-order valence-electron chi connectivity index (χ1n) is 4.22. The number of rotatable bonds is 2. The summed E-state index contributed by atoms with van der Waals surface area (Å²) >= 11 is 5.19. The van der Waals surface area contributed by atoms with Gasteiger partial charge in [-0.05, 0) is 35.0 Å². The van der Waals surface area contributed by atoms with Crippen molar-refractivity contribution < 1.29 is 4.42 Å². The molecule has 0 saturated heterocycles. The van der Waals surface area contributed by atoms with Gasteiger partial charge in [0.1, 0.15) is 0 Å². The summed E-state index contributed by atoms with van der Waals surface area (Å²) in [6.07, 6.45) is 3.33. The molecule has 4 heteroatoms. The molecule has 2 nitrogen and oxygen atoms in total. The van der Waals surface area contributed by atoms with Gasteiger partial charge in [0.2, 0.25) is 0 Å². The molecule has 2 aromatic heterocycles. The molecule has 0 aliphatic carbocycles. The molecule has 0 amide bonds. The molecule has 0 bridgehead atoms. The van der Waals surface area contributed by atoms with Crippen LogP contribution in [0.15, 0.2) is 33.5 Å². The van der Waals surface area contributed by atoms with Crippen LogP contribution in [0, 0.1) is 6.92 Å². The van der Waals surface area contributed by atoms with E-state index in [0.29, 0.717) is 0 Å². The number of aryl methyl sites for hydroxylation is 1. The third kappa shape index (κ3) is 1.78. The Morgan fingerprint density at radius 2 is 2.36 bits per heavy atom. The van der Waals surface area contributed by atoms with E-state index in [-0.39, 0.29) is 6.04 Å². The van der Waals surface area contributed by atoms with Crippen molar-refractivity contribution in [1.82, 2.24) is 0 Å². The second kappa shape index (κ2) is 3.88. The maximum Gasteiger partial charge on any atom is 0.0954 e. The maximum absolute atomic E-state index is 6.07. The Labute approximate surface area is 94.9 Å². The highest BCUT2D eigenvalue weighted by Crippen LogP contribution is 2.32. The van der Waals surface area contributed by atoms with Crippen LogP contribution in [0.5, 0.6) is 0 Å². The lowest BCUT2D eigenvalue weighted by Gasteiger charge is -2.04. The molecule has 2 aromatic rings. The highest BCUT2D eigenvalue weighted by molar-refractivity contribution is 9.10. The van der Waals surface area contributed by atoms with E-state index in [0.717, 1.165) is 14.9 Å². The standard InChI is InChI=1S/C10H10BrNOS/c1-6-8(11)4-9(14-6)10(12)7-2-3-13-5-7/h2-5,10H,12H2,1H3. The molecular formula is C10H10BrNOS. The van der Waals surface area contributed by atoms with Crippen LogP contribution in [0.25, 0.3) is 0 Å². The van der Waals surface area contributed by atoms with Crippen molar-refractivity contribution >= 4 is 27.3 Å². The largest absolute Gasteiger partial charge is 0.472 e. The molecule has 0 saturated carbocycles. The van der Waals surface area contributed by atoms with E-state index in [4.69, 9.17) is 10.2 Å². The molecule has 0 aromatic carbocycles. The van der Waals surface area contributed by atoms with Crippen molar-refractivity contribution in [3.63, 3.8) is 0 Å². The van der Waals surface area contributed by atoms with Gasteiger partial charge in [0.25, 0.3) is 0 Å². The third-order valence-corrected chi connectivity index (χ3v) is 4.30. The summed E-state index contributed by atoms with van der Waals surface area (Å²) in [6, 6.07) is 3.88. The first-order chi connectivity index (χ1) is 6.68. The Hall–Kier alpha value is -0.580. The molecule has 0 spiro atoms. The Bertz CT molecular complexity index is 402. The average molecular weight is 272 g/mol. The fourth-order valence-electron chi connectivity index (χ4n) is 1.25. The predicted octanol–water partition coefficient (Wildman–Crippen LogP) is 3.46. The summed E-state index contributed by atoms with van der Waals surface area (Å²) in [5.74, 6) is 0. The number of furan rings is 1. The predicted molar refractivity (Wildman–Crippen MR) is 61.5 cm³/mol. The molecular weight excluding hydrogens is 262 g/mol. The Morgan fingerprint density at radius 3 is 2.86 bits per heavy atom. The SMILES string of the molecule is Cc1sc(C(N)c2ccoc2)cc1Br. The first kappa shape index (κ1) is 9.96. The minimum Gasteiger partial charge on any atom is -0.472 e. The van der Waals surface area contributed by atoms with Gasteiger partial charge in [-0.2, -0.15) is 0 Å². The topological polar surface area (TPSA) is 39.2 Å². The van der Waals surface area contributed by atoms with Crippen LogP contribution in [0.4, 0.5) is 0 Å². The van der Waals surface area contributed by atoms with Gasteiger partial charge in [-0.1, -0.05) is 0 Å². The zero-order valence-electron chi connectivity index (χ0n) is 7.66. The fourth-order valence-corrected chi connectivity index (χ4v) is 2.84. The van der Waals surface area contributed by atoms with Gasteiger partial charge < -0.3 is 10.2 Å². The molecule has 0 aliphatic rings. The van der Waals surface area contributed by atoms with Crippen molar-refractivity contribution in [2.75, 3.05) is 0 Å². The molecule has 0 aliphatic heterocycles. The van der Waals surface area contributed by atoms with E-state index in [1.54, 1.807) is 23.9 Å². The van der Waals surface area contributed by atoms with Gasteiger partial charge in [-0.25, -0.2) is 0 Å². The van der Waals surface area contributed by atoms with Gasteiger partial charge in [0.15, 0.2) is 0 Å². The van der Waals surface area contributed by atoms with Crippen LogP contribution in [0.2, 0.25) is 0 Å². The lowest BCUT2D eigenvalue weighted by Crippen LogP contribution is -2.08. The van der Waals surface area contributed by atoms with E-state index in [1.807, 2.05) is 6.07 Å². The maximum atomic E-state index is 6.07. The lowest BCUT2D eigenvalue weighted by atomic mass is 10.1. The highest BCUT2D eigenvalue weighted by Gasteiger charge is 2.13. The van der Waals surface area contributed by atoms with E-state index in [2.05, 4.69) is 28.9 Å². The average Bonchev–Trinajstić information content (AvgIpc) is 2.76. The zero-order chi connectivity index (χ0) is 10.1. The molecule has 1 unspecified atom stereocenters. The van der Waals surface area contributed by atoms with Crippen molar-refractivity contribution in [2.45, 2.75) is 13.0 Å². The molecule has 74 valence electrons. The van der Waals surface area contributed by atoms with Gasteiger partial charge in [-0.15, -0.1) is 11.3 Å². The molecule has 0 fully saturated rings. The summed E-state index contributed by atoms with van der Waals surface area (Å²) < 4.78 is 6.13. The van der Waals surface area contributed by atoms with E-state index >= 15 is 0 Å². The quantitative estimate of drug-likeness (QED) is 0.909. The molecule has 1 atom stereocenters. The monoisotopic (exact) mass is 271 g/mol. The minimum atomic E-state index is -0.0799. The third-order valence-electron chi connectivity index (χ3n) is 2.09. The lowest BCUT2D eigenvalue weighted by molar-refractivity contribution is 0.562. The molecule has 0 radical (unpaired) electrons. The zero-order valence-corrected chi connectivity index (χ0v) is 10.1. The second-order valence-electron chi connectivity index (χ2n) is 3.09. The molecule has 2 heterocycles. The molecule has 2 N–H and O–H groups in total. The van der Waals surface area contributed by atoms with Gasteiger partial charge in [0.05, 0.1) is 18.6 Å². The normalized spacial score (nSPS) is 13.1. The minimum absolute atomic E-state index is 0.0799. The number of hydrogen-bond donors (Lipinski definition) is 1. The van der Waals surface area contributed by atoms with Crippen LogP contribution in [0.1, 0.15) is 21.4 Å². The smallest absolute Gasteiger partial charge is 0.0954 e. The van der Waals surface area contributed by atoms with Crippen molar-refractivity contribution in [3.05, 3.63) is 44.4 Å². The van der Waals surface area contributed by atoms with Gasteiger partial charge in [-0.3, -0.25) is 0 Å². The second-order valence-corrected chi connectivity index (χ2v) is 5.23. The van der Waals surface area contributed by atoms with Crippen molar-refractivity contribution in [3.8, 4) is 0 Å². The summed E-state index contributed by atoms with van der Waals surface area (Å²) in [5, 5.41) is 0. The Morgan fingerprint density at radius 1 is 1.57 bits per heavy atom. The van der Waals surface area contributed by atoms with Gasteiger partial charge >= 0.3 is 0 Å². The van der Waals surface area contributed by atoms with E-state index in [1.165, 1.54) is 4.88 Å². The summed E-state index contributed by atoms with van der Waals surface area (Å²) in [4.78, 5) is 2.40. The first-order valence-corrected chi connectivity index (χ1v) is 5.83. The van der Waals surface area contributed by atoms with Crippen LogP contribution in [-0.4, -0.2) is 0 Å². The number of hydrogen-bond acceptors (Lipinski definition) is 3. The summed E-state index contributed by atoms with van der Waals surface area (Å²) in [7, 11) is 0. The summed E-state index contributed by atoms with van der Waals surface area (Å²) in [5.41, 5.74) is 7.09. The highest BCUT2D eigenvalue weighted by atomic mass is 79.9. The van der Waals surface area contributed by atoms with Gasteiger partial charge in [0, 0.05) is 19.8 Å². The summed E-state index contributed by atoms with van der Waals surface area (Å²) in [6.45, 7) is 2.07. The van der Waals surface area contributed by atoms with E-state index in [9.17, 15) is 0 Å². The number of halogens is 1. The number of thiophene rings is 1. The Kier molecular flexibility index (Phi) is 2.76. The number of nitrogens with two attached hydrogens (primary N) is 1. The molecule has 14 heavy (non-hydrogen) atoms. The van der Waals surface area contributed by atoms with E-state index < -0.39 is 0 Å². The van der Waals surface area contributed by atoms with Crippen molar-refractivity contribution in [1.29, 1.82) is 0 Å². The van der Waals surface area contributed by atoms with Crippen LogP contribution < -0.4 is 5.73 Å².